The molecule has 2 rings (SSSR count). The number of nitrogens with zero attached hydrogens (tertiary/aromatic N) is 2. The Morgan fingerprint density at radius 2 is 2.00 bits per heavy atom. The number of hydrogen-bond acceptors (Lipinski definition) is 4. The van der Waals surface area contributed by atoms with Gasteiger partial charge in [0.2, 0.25) is 0 Å². The maximum atomic E-state index is 13.6. The Morgan fingerprint density at radius 1 is 1.29 bits per heavy atom. The third kappa shape index (κ3) is 3.11. The second-order valence-electron chi connectivity index (χ2n) is 3.81. The smallest absolute Gasteiger partial charge is 0.296 e. The van der Waals surface area contributed by atoms with Crippen molar-refractivity contribution in [1.82, 2.24) is 4.98 Å². The Balaban J connectivity index is 2.41. The summed E-state index contributed by atoms with van der Waals surface area (Å²) in [4.78, 5) is 25.4. The van der Waals surface area contributed by atoms with E-state index in [2.05, 4.69) is 4.98 Å². The van der Waals surface area contributed by atoms with Crippen LogP contribution < -0.4 is 5.32 Å². The summed E-state index contributed by atoms with van der Waals surface area (Å²) in [6.45, 7) is 0. The molecule has 0 saturated heterocycles. The lowest BCUT2D eigenvalue weighted by molar-refractivity contribution is -0.384. The number of benzene rings is 1. The molecule has 0 saturated carbocycles. The van der Waals surface area contributed by atoms with Crippen LogP contribution in [0.15, 0.2) is 30.3 Å². The van der Waals surface area contributed by atoms with E-state index in [0.29, 0.717) is 6.07 Å². The molecular weight excluding hydrogens is 308 g/mol. The van der Waals surface area contributed by atoms with Gasteiger partial charge in [-0.15, -0.1) is 0 Å². The average Bonchev–Trinajstić information content (AvgIpc) is 2.43. The second kappa shape index (κ2) is 5.80. The van der Waals surface area contributed by atoms with E-state index in [1.165, 1.54) is 18.2 Å². The zero-order valence-electron chi connectivity index (χ0n) is 10.1. The molecule has 21 heavy (non-hydrogen) atoms. The Bertz CT molecular complexity index is 740. The standard InChI is InChI=1S/C12H6ClF2N3O3/c13-9-3-1-2-7(16-9)12(19)17-11-8(18(20)21)5-4-6(14)10(11)15/h1-5H,(H,17,19). The zero-order valence-corrected chi connectivity index (χ0v) is 10.9. The molecule has 1 heterocycles. The number of rotatable bonds is 3. The van der Waals surface area contributed by atoms with Gasteiger partial charge in [-0.2, -0.15) is 0 Å². The van der Waals surface area contributed by atoms with Crippen molar-refractivity contribution >= 4 is 28.9 Å². The van der Waals surface area contributed by atoms with Gasteiger partial charge in [0, 0.05) is 6.07 Å². The number of nitro groups is 1. The van der Waals surface area contributed by atoms with Crippen LogP contribution in [0, 0.1) is 21.7 Å². The first-order valence-corrected chi connectivity index (χ1v) is 5.84. The highest BCUT2D eigenvalue weighted by atomic mass is 35.5. The summed E-state index contributed by atoms with van der Waals surface area (Å²) in [5.41, 5.74) is -1.84. The van der Waals surface area contributed by atoms with Crippen molar-refractivity contribution in [3.05, 3.63) is 62.9 Å². The third-order valence-corrected chi connectivity index (χ3v) is 2.67. The Morgan fingerprint density at radius 3 is 2.62 bits per heavy atom. The van der Waals surface area contributed by atoms with Gasteiger partial charge < -0.3 is 5.32 Å². The number of pyridine rings is 1. The van der Waals surface area contributed by atoms with E-state index in [1.807, 2.05) is 5.32 Å². The van der Waals surface area contributed by atoms with Crippen LogP contribution in [0.2, 0.25) is 5.15 Å². The molecule has 108 valence electrons. The van der Waals surface area contributed by atoms with Crippen LogP contribution in [0.4, 0.5) is 20.2 Å². The number of aromatic nitrogens is 1. The van der Waals surface area contributed by atoms with Gasteiger partial charge in [-0.05, 0) is 18.2 Å². The van der Waals surface area contributed by atoms with Gasteiger partial charge in [-0.25, -0.2) is 13.8 Å². The molecule has 1 amide bonds. The SMILES string of the molecule is O=C(Nc1c([N+](=O)[O-])ccc(F)c1F)c1cccc(Cl)n1. The highest BCUT2D eigenvalue weighted by Crippen LogP contribution is 2.29. The zero-order chi connectivity index (χ0) is 15.6. The number of nitro benzene ring substituents is 1. The molecule has 0 radical (unpaired) electrons. The molecule has 0 fully saturated rings. The molecule has 0 aliphatic heterocycles. The topological polar surface area (TPSA) is 85.1 Å². The third-order valence-electron chi connectivity index (χ3n) is 2.46. The fourth-order valence-corrected chi connectivity index (χ4v) is 1.69. The predicted octanol–water partition coefficient (Wildman–Crippen LogP) is 3.17. The number of carbonyl (C=O) groups is 1. The summed E-state index contributed by atoms with van der Waals surface area (Å²) in [6, 6.07) is 5.44. The Hall–Kier alpha value is -2.61. The molecule has 0 unspecified atom stereocenters. The summed E-state index contributed by atoms with van der Waals surface area (Å²) in [5.74, 6) is -3.81. The van der Waals surface area contributed by atoms with Crippen LogP contribution in [0.5, 0.6) is 0 Å². The number of anilines is 1. The molecule has 0 aliphatic rings. The number of nitrogens with one attached hydrogen (secondary N) is 1. The summed E-state index contributed by atoms with van der Waals surface area (Å²) in [5, 5.41) is 12.7. The van der Waals surface area contributed by atoms with E-state index >= 15 is 0 Å². The molecule has 0 bridgehead atoms. The fraction of sp³-hybridized carbons (Fsp3) is 0. The lowest BCUT2D eigenvalue weighted by Crippen LogP contribution is -2.16. The lowest BCUT2D eigenvalue weighted by atomic mass is 10.2. The van der Waals surface area contributed by atoms with Crippen LogP contribution >= 0.6 is 11.6 Å². The van der Waals surface area contributed by atoms with Crippen molar-refractivity contribution in [3.63, 3.8) is 0 Å². The monoisotopic (exact) mass is 313 g/mol. The maximum absolute atomic E-state index is 13.6. The Labute approximate surface area is 121 Å². The summed E-state index contributed by atoms with van der Waals surface area (Å²) < 4.78 is 26.8. The lowest BCUT2D eigenvalue weighted by Gasteiger charge is -2.07. The van der Waals surface area contributed by atoms with E-state index in [0.717, 1.165) is 6.07 Å². The van der Waals surface area contributed by atoms with Gasteiger partial charge in [-0.1, -0.05) is 17.7 Å². The van der Waals surface area contributed by atoms with Crippen molar-refractivity contribution < 1.29 is 18.5 Å². The van der Waals surface area contributed by atoms with Crippen LogP contribution in [0.1, 0.15) is 10.5 Å². The van der Waals surface area contributed by atoms with E-state index in [1.54, 1.807) is 0 Å². The first-order valence-electron chi connectivity index (χ1n) is 5.46. The molecule has 1 aromatic carbocycles. The highest BCUT2D eigenvalue weighted by molar-refractivity contribution is 6.29. The minimum atomic E-state index is -1.53. The maximum Gasteiger partial charge on any atom is 0.296 e. The summed E-state index contributed by atoms with van der Waals surface area (Å²) >= 11 is 5.60. The van der Waals surface area contributed by atoms with Gasteiger partial charge in [0.05, 0.1) is 4.92 Å². The van der Waals surface area contributed by atoms with Crippen LogP contribution in [-0.2, 0) is 0 Å². The molecule has 0 atom stereocenters. The van der Waals surface area contributed by atoms with Gasteiger partial charge in [-0.3, -0.25) is 14.9 Å². The van der Waals surface area contributed by atoms with E-state index in [4.69, 9.17) is 11.6 Å². The highest BCUT2D eigenvalue weighted by Gasteiger charge is 2.24. The quantitative estimate of drug-likeness (QED) is 0.536. The normalized spacial score (nSPS) is 10.2. The summed E-state index contributed by atoms with van der Waals surface area (Å²) in [7, 11) is 0. The molecular formula is C12H6ClF2N3O3. The number of hydrogen-bond donors (Lipinski definition) is 1. The van der Waals surface area contributed by atoms with Gasteiger partial charge in [0.25, 0.3) is 11.6 Å². The van der Waals surface area contributed by atoms with Crippen molar-refractivity contribution in [3.8, 4) is 0 Å². The van der Waals surface area contributed by atoms with Crippen LogP contribution in [-0.4, -0.2) is 15.8 Å². The minimum absolute atomic E-state index is 0.0110. The Kier molecular flexibility index (Phi) is 4.08. The van der Waals surface area contributed by atoms with Crippen LogP contribution in [0.25, 0.3) is 0 Å². The molecule has 2 aromatic rings. The van der Waals surface area contributed by atoms with Gasteiger partial charge >= 0.3 is 0 Å². The van der Waals surface area contributed by atoms with Gasteiger partial charge in [0.1, 0.15) is 10.8 Å². The average molecular weight is 314 g/mol. The van der Waals surface area contributed by atoms with Crippen molar-refractivity contribution in [2.24, 2.45) is 0 Å². The largest absolute Gasteiger partial charge is 0.312 e. The van der Waals surface area contributed by atoms with E-state index < -0.39 is 33.8 Å². The van der Waals surface area contributed by atoms with Crippen molar-refractivity contribution in [2.45, 2.75) is 0 Å². The molecule has 1 aromatic heterocycles. The van der Waals surface area contributed by atoms with Gasteiger partial charge in [0.15, 0.2) is 17.3 Å². The summed E-state index contributed by atoms with van der Waals surface area (Å²) in [6.07, 6.45) is 0. The molecule has 0 aliphatic carbocycles. The number of carbonyl (C=O) groups excluding carboxylic acids is 1. The molecule has 6 nitrogen and oxygen atoms in total. The van der Waals surface area contributed by atoms with E-state index in [9.17, 15) is 23.7 Å². The predicted molar refractivity (Wildman–Crippen MR) is 70.2 cm³/mol. The van der Waals surface area contributed by atoms with E-state index in [-0.39, 0.29) is 10.8 Å². The van der Waals surface area contributed by atoms with Crippen molar-refractivity contribution in [2.75, 3.05) is 5.32 Å². The first-order chi connectivity index (χ1) is 9.90. The van der Waals surface area contributed by atoms with Crippen LogP contribution in [0.3, 0.4) is 0 Å². The second-order valence-corrected chi connectivity index (χ2v) is 4.20. The minimum Gasteiger partial charge on any atom is -0.312 e. The number of halogens is 3. The molecule has 0 spiro atoms. The van der Waals surface area contributed by atoms with Crippen molar-refractivity contribution in [1.29, 1.82) is 0 Å². The number of amides is 1. The molecule has 1 N–H and O–H groups in total. The first kappa shape index (κ1) is 14.8. The molecule has 9 heteroatoms. The fourth-order valence-electron chi connectivity index (χ4n) is 1.52.